The zero-order valence-corrected chi connectivity index (χ0v) is 11.0. The van der Waals surface area contributed by atoms with Crippen LogP contribution in [0.4, 0.5) is 0 Å². The lowest BCUT2D eigenvalue weighted by molar-refractivity contribution is -0.132. The van der Waals surface area contributed by atoms with Crippen LogP contribution in [0.25, 0.3) is 0 Å². The minimum absolute atomic E-state index is 0.348. The quantitative estimate of drug-likeness (QED) is 0.715. The van der Waals surface area contributed by atoms with Crippen LogP contribution in [-0.4, -0.2) is 53.2 Å². The van der Waals surface area contributed by atoms with E-state index in [9.17, 15) is 5.11 Å². The van der Waals surface area contributed by atoms with Crippen LogP contribution in [0, 0.1) is 11.3 Å². The molecule has 0 bridgehead atoms. The van der Waals surface area contributed by atoms with Crippen molar-refractivity contribution < 1.29 is 24.2 Å². The SMILES string of the molecule is CC1(C)OC[C@H](C2=NO[C@@H]3[C@H]2OC(C)(C#N)[C@H]3O)O1. The highest BCUT2D eigenvalue weighted by atomic mass is 16.7. The lowest BCUT2D eigenvalue weighted by Gasteiger charge is -2.20. The fraction of sp³-hybridized carbons (Fsp3) is 0.833. The molecule has 3 aliphatic heterocycles. The molecule has 0 aliphatic carbocycles. The van der Waals surface area contributed by atoms with Gasteiger partial charge >= 0.3 is 0 Å². The second-order valence-electron chi connectivity index (χ2n) is 5.61. The van der Waals surface area contributed by atoms with Crippen LogP contribution in [0.5, 0.6) is 0 Å². The maximum absolute atomic E-state index is 10.1. The third-order valence-corrected chi connectivity index (χ3v) is 3.68. The number of rotatable bonds is 1. The lowest BCUT2D eigenvalue weighted by atomic mass is 9.96. The molecule has 19 heavy (non-hydrogen) atoms. The van der Waals surface area contributed by atoms with Crippen molar-refractivity contribution in [2.75, 3.05) is 6.61 Å². The monoisotopic (exact) mass is 268 g/mol. The number of aliphatic hydroxyl groups excluding tert-OH is 1. The van der Waals surface area contributed by atoms with Crippen LogP contribution in [0.15, 0.2) is 5.16 Å². The number of fused-ring (bicyclic) bond motifs is 1. The summed E-state index contributed by atoms with van der Waals surface area (Å²) >= 11 is 0. The maximum Gasteiger partial charge on any atom is 0.188 e. The Bertz CT molecular complexity index is 471. The fourth-order valence-corrected chi connectivity index (χ4v) is 2.56. The van der Waals surface area contributed by atoms with Gasteiger partial charge in [-0.3, -0.25) is 0 Å². The molecule has 0 aromatic rings. The van der Waals surface area contributed by atoms with Crippen LogP contribution in [0.2, 0.25) is 0 Å². The summed E-state index contributed by atoms with van der Waals surface area (Å²) < 4.78 is 16.8. The van der Waals surface area contributed by atoms with E-state index in [1.165, 1.54) is 6.92 Å². The standard InChI is InChI=1S/C12H16N2O5/c1-11(2)16-4-6(17-11)7-8-9(19-14-7)10(15)12(3,5-13)18-8/h6,8-10,15H,4H2,1-3H3/t6-,8+,9-,10+,12?/m1/s1. The van der Waals surface area contributed by atoms with E-state index in [0.717, 1.165) is 0 Å². The number of hydrogen-bond acceptors (Lipinski definition) is 7. The Morgan fingerprint density at radius 1 is 1.37 bits per heavy atom. The van der Waals surface area contributed by atoms with Crippen molar-refractivity contribution in [1.29, 1.82) is 5.26 Å². The molecular weight excluding hydrogens is 252 g/mol. The summed E-state index contributed by atoms with van der Waals surface area (Å²) in [6.45, 7) is 5.50. The summed E-state index contributed by atoms with van der Waals surface area (Å²) in [5, 5.41) is 23.1. The number of aliphatic hydroxyl groups is 1. The Morgan fingerprint density at radius 3 is 2.68 bits per heavy atom. The Balaban J connectivity index is 1.79. The molecule has 7 nitrogen and oxygen atoms in total. The molecule has 3 heterocycles. The third kappa shape index (κ3) is 1.83. The second-order valence-corrected chi connectivity index (χ2v) is 5.61. The number of ether oxygens (including phenoxy) is 3. The molecule has 0 aromatic heterocycles. The molecule has 1 N–H and O–H groups in total. The van der Waals surface area contributed by atoms with E-state index >= 15 is 0 Å². The minimum atomic E-state index is -1.29. The van der Waals surface area contributed by atoms with Crippen LogP contribution in [-0.2, 0) is 19.0 Å². The molecule has 0 aromatic carbocycles. The molecule has 7 heteroatoms. The molecule has 0 spiro atoms. The van der Waals surface area contributed by atoms with Crippen molar-refractivity contribution in [1.82, 2.24) is 0 Å². The van der Waals surface area contributed by atoms with Gasteiger partial charge in [0.1, 0.15) is 30.1 Å². The predicted molar refractivity (Wildman–Crippen MR) is 62.1 cm³/mol. The van der Waals surface area contributed by atoms with Gasteiger partial charge in [-0.25, -0.2) is 0 Å². The summed E-state index contributed by atoms with van der Waals surface area (Å²) in [6, 6.07) is 1.97. The number of hydrogen-bond donors (Lipinski definition) is 1. The van der Waals surface area contributed by atoms with Crippen molar-refractivity contribution in [3.8, 4) is 6.07 Å². The van der Waals surface area contributed by atoms with Gasteiger partial charge in [-0.15, -0.1) is 0 Å². The van der Waals surface area contributed by atoms with Crippen molar-refractivity contribution in [3.63, 3.8) is 0 Å². The van der Waals surface area contributed by atoms with Crippen LogP contribution >= 0.6 is 0 Å². The van der Waals surface area contributed by atoms with Crippen LogP contribution < -0.4 is 0 Å². The van der Waals surface area contributed by atoms with E-state index in [-0.39, 0.29) is 6.10 Å². The summed E-state index contributed by atoms with van der Waals surface area (Å²) in [4.78, 5) is 5.21. The van der Waals surface area contributed by atoms with Crippen LogP contribution in [0.1, 0.15) is 20.8 Å². The largest absolute Gasteiger partial charge is 0.386 e. The third-order valence-electron chi connectivity index (χ3n) is 3.68. The van der Waals surface area contributed by atoms with E-state index in [2.05, 4.69) is 5.16 Å². The highest BCUT2D eigenvalue weighted by Gasteiger charge is 2.60. The first-order valence-corrected chi connectivity index (χ1v) is 6.19. The normalized spacial score (nSPS) is 47.4. The topological polar surface area (TPSA) is 93.3 Å². The molecule has 5 atom stereocenters. The van der Waals surface area contributed by atoms with Gasteiger partial charge < -0.3 is 24.2 Å². The number of nitrogens with zero attached hydrogens (tertiary/aromatic N) is 2. The fourth-order valence-electron chi connectivity index (χ4n) is 2.56. The van der Waals surface area contributed by atoms with E-state index in [1.54, 1.807) is 0 Å². The second kappa shape index (κ2) is 3.90. The predicted octanol–water partition coefficient (Wildman–Crippen LogP) is -0.0653. The average molecular weight is 268 g/mol. The van der Waals surface area contributed by atoms with Gasteiger partial charge in [-0.05, 0) is 20.8 Å². The van der Waals surface area contributed by atoms with E-state index in [4.69, 9.17) is 24.3 Å². The van der Waals surface area contributed by atoms with Crippen molar-refractivity contribution in [3.05, 3.63) is 0 Å². The number of oxime groups is 1. The zero-order valence-electron chi connectivity index (χ0n) is 11.0. The Hall–Kier alpha value is -1.20. The van der Waals surface area contributed by atoms with Gasteiger partial charge in [0, 0.05) is 0 Å². The summed E-state index contributed by atoms with van der Waals surface area (Å²) in [6.07, 6.45) is -2.65. The molecule has 0 amide bonds. The van der Waals surface area contributed by atoms with E-state index in [0.29, 0.717) is 12.3 Å². The van der Waals surface area contributed by atoms with Gasteiger partial charge in [0.05, 0.1) is 6.61 Å². The molecule has 2 saturated heterocycles. The van der Waals surface area contributed by atoms with Gasteiger partial charge in [0.25, 0.3) is 0 Å². The number of nitriles is 1. The van der Waals surface area contributed by atoms with Crippen molar-refractivity contribution >= 4 is 5.71 Å². The Morgan fingerprint density at radius 2 is 2.11 bits per heavy atom. The molecule has 0 saturated carbocycles. The van der Waals surface area contributed by atoms with Crippen molar-refractivity contribution in [2.45, 2.75) is 56.6 Å². The molecule has 104 valence electrons. The molecule has 0 radical (unpaired) electrons. The summed E-state index contributed by atoms with van der Waals surface area (Å²) in [5.74, 6) is -0.680. The maximum atomic E-state index is 10.1. The van der Waals surface area contributed by atoms with Crippen molar-refractivity contribution in [2.24, 2.45) is 5.16 Å². The Labute approximate surface area is 110 Å². The van der Waals surface area contributed by atoms with E-state index in [1.807, 2.05) is 19.9 Å². The summed E-state index contributed by atoms with van der Waals surface area (Å²) in [7, 11) is 0. The van der Waals surface area contributed by atoms with E-state index < -0.39 is 29.7 Å². The molecule has 1 unspecified atom stereocenters. The van der Waals surface area contributed by atoms with Gasteiger partial charge in [0.2, 0.25) is 0 Å². The summed E-state index contributed by atoms with van der Waals surface area (Å²) in [5.41, 5.74) is -0.750. The first kappa shape index (κ1) is 12.8. The highest BCUT2D eigenvalue weighted by molar-refractivity contribution is 5.94. The Kier molecular flexibility index (Phi) is 2.63. The zero-order chi connectivity index (χ0) is 13.8. The molecule has 3 aliphatic rings. The van der Waals surface area contributed by atoms with Gasteiger partial charge in [-0.2, -0.15) is 5.26 Å². The highest BCUT2D eigenvalue weighted by Crippen LogP contribution is 2.38. The molecular formula is C12H16N2O5. The van der Waals surface area contributed by atoms with Gasteiger partial charge in [0.15, 0.2) is 17.5 Å². The van der Waals surface area contributed by atoms with Gasteiger partial charge in [-0.1, -0.05) is 5.16 Å². The first-order chi connectivity index (χ1) is 8.86. The molecule has 3 rings (SSSR count). The minimum Gasteiger partial charge on any atom is -0.386 e. The lowest BCUT2D eigenvalue weighted by Crippen LogP contribution is -2.39. The smallest absolute Gasteiger partial charge is 0.188 e. The van der Waals surface area contributed by atoms with Crippen LogP contribution in [0.3, 0.4) is 0 Å². The average Bonchev–Trinajstić information content (AvgIpc) is 2.97. The molecule has 2 fully saturated rings. The first-order valence-electron chi connectivity index (χ1n) is 6.19.